The summed E-state index contributed by atoms with van der Waals surface area (Å²) in [6.07, 6.45) is 5.18. The van der Waals surface area contributed by atoms with E-state index in [2.05, 4.69) is 6.07 Å². The molecule has 0 fully saturated rings. The molecule has 0 aliphatic heterocycles. The van der Waals surface area contributed by atoms with Crippen LogP contribution >= 0.6 is 0 Å². The molecule has 3 aromatic rings. The highest BCUT2D eigenvalue weighted by Crippen LogP contribution is 2.44. The van der Waals surface area contributed by atoms with Gasteiger partial charge in [-0.1, -0.05) is 6.07 Å². The first-order valence-corrected chi connectivity index (χ1v) is 10.5. The summed E-state index contributed by atoms with van der Waals surface area (Å²) in [5, 5.41) is 20.1. The van der Waals surface area contributed by atoms with Gasteiger partial charge in [0.2, 0.25) is 0 Å². The summed E-state index contributed by atoms with van der Waals surface area (Å²) in [6.45, 7) is 3.88. The number of aromatic nitrogens is 2. The quantitative estimate of drug-likeness (QED) is 0.595. The van der Waals surface area contributed by atoms with Gasteiger partial charge in [0, 0.05) is 22.7 Å². The maximum absolute atomic E-state index is 11.3. The molecule has 0 saturated heterocycles. The molecule has 1 atom stereocenters. The topological polar surface area (TPSA) is 97.4 Å². The van der Waals surface area contributed by atoms with E-state index in [-0.39, 0.29) is 6.04 Å². The third-order valence-electron chi connectivity index (χ3n) is 6.07. The molecule has 0 amide bonds. The van der Waals surface area contributed by atoms with E-state index in [1.807, 2.05) is 36.6 Å². The molecule has 1 aliphatic carbocycles. The summed E-state index contributed by atoms with van der Waals surface area (Å²) in [7, 11) is 3.25. The lowest BCUT2D eigenvalue weighted by atomic mass is 9.86. The molecule has 0 saturated carbocycles. The molecular weight excluding hydrogens is 406 g/mol. The Hall–Kier alpha value is -3.79. The minimum absolute atomic E-state index is 0.120. The number of carboxylic acid groups (broad SMARTS) is 1. The number of rotatable bonds is 5. The SMILES string of the molecule is COc1ccc2c(c1OC)CCCC2n1c(C=CC(=O)O)c(C#N)c2c(C)cc(C)nc21. The van der Waals surface area contributed by atoms with Gasteiger partial charge >= 0.3 is 5.97 Å². The molecule has 0 bridgehead atoms. The Labute approximate surface area is 186 Å². The van der Waals surface area contributed by atoms with Crippen molar-refractivity contribution in [2.45, 2.75) is 39.2 Å². The van der Waals surface area contributed by atoms with E-state index < -0.39 is 5.97 Å². The minimum atomic E-state index is -1.07. The van der Waals surface area contributed by atoms with Crippen LogP contribution in [0.1, 0.15) is 52.5 Å². The van der Waals surface area contributed by atoms with Gasteiger partial charge in [0.05, 0.1) is 31.5 Å². The maximum Gasteiger partial charge on any atom is 0.328 e. The summed E-state index contributed by atoms with van der Waals surface area (Å²) in [6, 6.07) is 8.05. The summed E-state index contributed by atoms with van der Waals surface area (Å²) in [5.41, 5.74) is 5.61. The van der Waals surface area contributed by atoms with Gasteiger partial charge in [-0.15, -0.1) is 0 Å². The smallest absolute Gasteiger partial charge is 0.328 e. The average molecular weight is 431 g/mol. The van der Waals surface area contributed by atoms with E-state index in [1.54, 1.807) is 14.2 Å². The van der Waals surface area contributed by atoms with Gasteiger partial charge in [-0.2, -0.15) is 5.26 Å². The molecule has 1 aromatic carbocycles. The fourth-order valence-corrected chi connectivity index (χ4v) is 4.88. The number of ether oxygens (including phenoxy) is 2. The lowest BCUT2D eigenvalue weighted by Gasteiger charge is -2.30. The Morgan fingerprint density at radius 1 is 1.31 bits per heavy atom. The molecule has 7 nitrogen and oxygen atoms in total. The second-order valence-electron chi connectivity index (χ2n) is 7.97. The van der Waals surface area contributed by atoms with Crippen molar-refractivity contribution in [1.82, 2.24) is 9.55 Å². The van der Waals surface area contributed by atoms with Crippen LogP contribution in [-0.4, -0.2) is 34.8 Å². The van der Waals surface area contributed by atoms with Gasteiger partial charge in [-0.05, 0) is 62.4 Å². The number of carboxylic acids is 1. The molecule has 164 valence electrons. The lowest BCUT2D eigenvalue weighted by molar-refractivity contribution is -0.131. The fourth-order valence-electron chi connectivity index (χ4n) is 4.88. The van der Waals surface area contributed by atoms with Crippen molar-refractivity contribution in [2.24, 2.45) is 0 Å². The Morgan fingerprint density at radius 3 is 2.75 bits per heavy atom. The van der Waals surface area contributed by atoms with Gasteiger partial charge in [0.25, 0.3) is 0 Å². The number of aryl methyl sites for hydroxylation is 2. The zero-order chi connectivity index (χ0) is 23.0. The monoisotopic (exact) mass is 431 g/mol. The minimum Gasteiger partial charge on any atom is -0.493 e. The Kier molecular flexibility index (Phi) is 5.62. The number of benzene rings is 1. The van der Waals surface area contributed by atoms with E-state index >= 15 is 0 Å². The van der Waals surface area contributed by atoms with Crippen LogP contribution in [0.2, 0.25) is 0 Å². The fraction of sp³-hybridized carbons (Fsp3) is 0.320. The molecule has 0 spiro atoms. The normalized spacial score (nSPS) is 15.5. The Balaban J connectivity index is 2.07. The molecule has 1 aliphatic rings. The standard InChI is InChI=1S/C25H25N3O4/c1-14-12-15(2)27-25-23(14)18(13-26)20(9-11-22(29)30)28(25)19-7-5-6-17-16(19)8-10-21(31-3)24(17)32-4/h8-12,19H,5-7H2,1-4H3,(H,29,30). The van der Waals surface area contributed by atoms with Crippen LogP contribution in [0.25, 0.3) is 17.1 Å². The largest absolute Gasteiger partial charge is 0.493 e. The summed E-state index contributed by atoms with van der Waals surface area (Å²) < 4.78 is 13.2. The summed E-state index contributed by atoms with van der Waals surface area (Å²) in [5.74, 6) is 0.328. The third-order valence-corrected chi connectivity index (χ3v) is 6.07. The van der Waals surface area contributed by atoms with Crippen LogP contribution in [-0.2, 0) is 11.2 Å². The molecule has 1 unspecified atom stereocenters. The molecule has 32 heavy (non-hydrogen) atoms. The van der Waals surface area contributed by atoms with Gasteiger partial charge in [0.1, 0.15) is 11.7 Å². The van der Waals surface area contributed by atoms with Crippen LogP contribution < -0.4 is 9.47 Å². The van der Waals surface area contributed by atoms with Crippen molar-refractivity contribution in [3.8, 4) is 17.6 Å². The lowest BCUT2D eigenvalue weighted by Crippen LogP contribution is -2.20. The van der Waals surface area contributed by atoms with E-state index in [0.29, 0.717) is 22.7 Å². The maximum atomic E-state index is 11.3. The average Bonchev–Trinajstić information content (AvgIpc) is 3.09. The van der Waals surface area contributed by atoms with E-state index in [0.717, 1.165) is 58.9 Å². The molecule has 0 radical (unpaired) electrons. The summed E-state index contributed by atoms with van der Waals surface area (Å²) >= 11 is 0. The number of hydrogen-bond donors (Lipinski definition) is 1. The van der Waals surface area contributed by atoms with E-state index in [1.165, 1.54) is 6.08 Å². The Morgan fingerprint density at radius 2 is 2.09 bits per heavy atom. The molecule has 2 aromatic heterocycles. The van der Waals surface area contributed by atoms with Crippen LogP contribution in [0.4, 0.5) is 0 Å². The van der Waals surface area contributed by atoms with Crippen molar-refractivity contribution in [2.75, 3.05) is 14.2 Å². The number of carbonyl (C=O) groups is 1. The third kappa shape index (κ3) is 3.38. The first-order valence-electron chi connectivity index (χ1n) is 10.5. The van der Waals surface area contributed by atoms with Gasteiger partial charge in [-0.25, -0.2) is 9.78 Å². The molecule has 4 rings (SSSR count). The van der Waals surface area contributed by atoms with E-state index in [4.69, 9.17) is 14.5 Å². The number of nitriles is 1. The Bertz CT molecular complexity index is 1300. The van der Waals surface area contributed by atoms with Crippen molar-refractivity contribution in [3.63, 3.8) is 0 Å². The molecule has 2 heterocycles. The number of methoxy groups -OCH3 is 2. The first kappa shape index (κ1) is 21.4. The zero-order valence-electron chi connectivity index (χ0n) is 18.6. The number of pyridine rings is 1. The molecule has 7 heteroatoms. The zero-order valence-corrected chi connectivity index (χ0v) is 18.6. The van der Waals surface area contributed by atoms with Gasteiger partial charge in [-0.3, -0.25) is 0 Å². The van der Waals surface area contributed by atoms with Crippen LogP contribution in [0, 0.1) is 25.2 Å². The van der Waals surface area contributed by atoms with Crippen molar-refractivity contribution >= 4 is 23.1 Å². The highest BCUT2D eigenvalue weighted by atomic mass is 16.5. The summed E-state index contributed by atoms with van der Waals surface area (Å²) in [4.78, 5) is 16.1. The van der Waals surface area contributed by atoms with E-state index in [9.17, 15) is 15.2 Å². The highest BCUT2D eigenvalue weighted by molar-refractivity contribution is 5.94. The predicted octanol–water partition coefficient (Wildman–Crippen LogP) is 4.57. The van der Waals surface area contributed by atoms with Crippen LogP contribution in [0.15, 0.2) is 24.3 Å². The second-order valence-corrected chi connectivity index (χ2v) is 7.97. The highest BCUT2D eigenvalue weighted by Gasteiger charge is 2.31. The number of hydrogen-bond acceptors (Lipinski definition) is 5. The number of nitrogens with zero attached hydrogens (tertiary/aromatic N) is 3. The first-order chi connectivity index (χ1) is 15.4. The van der Waals surface area contributed by atoms with Crippen LogP contribution in [0.5, 0.6) is 11.5 Å². The van der Waals surface area contributed by atoms with Crippen molar-refractivity contribution in [1.29, 1.82) is 5.26 Å². The van der Waals surface area contributed by atoms with Crippen molar-refractivity contribution < 1.29 is 19.4 Å². The predicted molar refractivity (Wildman–Crippen MR) is 121 cm³/mol. The van der Waals surface area contributed by atoms with Crippen molar-refractivity contribution in [3.05, 3.63) is 57.9 Å². The molecule has 1 N–H and O–H groups in total. The second kappa shape index (κ2) is 8.39. The van der Waals surface area contributed by atoms with Gasteiger partial charge < -0.3 is 19.1 Å². The molecular formula is C25H25N3O4. The number of fused-ring (bicyclic) bond motifs is 2. The van der Waals surface area contributed by atoms with Gasteiger partial charge in [0.15, 0.2) is 11.5 Å². The number of aliphatic carboxylic acids is 1. The van der Waals surface area contributed by atoms with Crippen LogP contribution in [0.3, 0.4) is 0 Å².